The summed E-state index contributed by atoms with van der Waals surface area (Å²) in [5, 5.41) is 6.73. The molecule has 7 heteroatoms. The lowest BCUT2D eigenvalue weighted by atomic mass is 10.2. The zero-order chi connectivity index (χ0) is 14.8. The number of aliphatic imine (C=N–C) groups is 1. The van der Waals surface area contributed by atoms with Gasteiger partial charge in [-0.1, -0.05) is 0 Å². The predicted molar refractivity (Wildman–Crippen MR) is 97.7 cm³/mol. The summed E-state index contributed by atoms with van der Waals surface area (Å²) in [6, 6.07) is 0.820. The van der Waals surface area contributed by atoms with Gasteiger partial charge >= 0.3 is 0 Å². The van der Waals surface area contributed by atoms with E-state index in [0.29, 0.717) is 12.6 Å². The van der Waals surface area contributed by atoms with Crippen LogP contribution in [0, 0.1) is 0 Å². The van der Waals surface area contributed by atoms with Crippen molar-refractivity contribution in [3.63, 3.8) is 0 Å². The van der Waals surface area contributed by atoms with E-state index in [9.17, 15) is 0 Å². The minimum Gasteiger partial charge on any atom is -0.383 e. The van der Waals surface area contributed by atoms with E-state index in [1.54, 1.807) is 21.3 Å². The van der Waals surface area contributed by atoms with E-state index in [4.69, 9.17) is 9.47 Å². The molecule has 2 N–H and O–H groups in total. The molecule has 1 fully saturated rings. The smallest absolute Gasteiger partial charge is 0.191 e. The van der Waals surface area contributed by atoms with Crippen molar-refractivity contribution in [2.45, 2.75) is 31.8 Å². The number of likely N-dealkylation sites (tertiary alicyclic amines) is 1. The average molecular weight is 414 g/mol. The lowest BCUT2D eigenvalue weighted by molar-refractivity contribution is 0.141. The molecule has 21 heavy (non-hydrogen) atoms. The Balaban J connectivity index is 0.00000400. The number of rotatable bonds is 8. The van der Waals surface area contributed by atoms with Crippen molar-refractivity contribution in [2.24, 2.45) is 4.99 Å². The molecule has 1 rings (SSSR count). The molecule has 2 atom stereocenters. The van der Waals surface area contributed by atoms with E-state index in [2.05, 4.69) is 27.4 Å². The largest absolute Gasteiger partial charge is 0.383 e. The van der Waals surface area contributed by atoms with E-state index in [1.165, 1.54) is 19.4 Å². The van der Waals surface area contributed by atoms with Gasteiger partial charge in [0.2, 0.25) is 0 Å². The van der Waals surface area contributed by atoms with E-state index < -0.39 is 0 Å². The second-order valence-corrected chi connectivity index (χ2v) is 5.28. The van der Waals surface area contributed by atoms with Gasteiger partial charge in [-0.25, -0.2) is 0 Å². The van der Waals surface area contributed by atoms with Gasteiger partial charge < -0.3 is 20.1 Å². The molecule has 6 nitrogen and oxygen atoms in total. The van der Waals surface area contributed by atoms with Crippen molar-refractivity contribution < 1.29 is 9.47 Å². The summed E-state index contributed by atoms with van der Waals surface area (Å²) in [6.07, 6.45) is 2.50. The van der Waals surface area contributed by atoms with Crippen molar-refractivity contribution in [3.05, 3.63) is 0 Å². The third kappa shape index (κ3) is 8.18. The summed E-state index contributed by atoms with van der Waals surface area (Å²) in [4.78, 5) is 6.74. The highest BCUT2D eigenvalue weighted by molar-refractivity contribution is 14.0. The summed E-state index contributed by atoms with van der Waals surface area (Å²) in [6.45, 7) is 6.65. The highest BCUT2D eigenvalue weighted by Crippen LogP contribution is 2.15. The Bertz CT molecular complexity index is 292. The molecule has 0 spiro atoms. The number of nitrogens with zero attached hydrogens (tertiary/aromatic N) is 2. The van der Waals surface area contributed by atoms with E-state index in [0.717, 1.165) is 25.7 Å². The third-order valence-corrected chi connectivity index (χ3v) is 3.61. The average Bonchev–Trinajstić information content (AvgIpc) is 2.88. The molecule has 0 aliphatic carbocycles. The Labute approximate surface area is 146 Å². The third-order valence-electron chi connectivity index (χ3n) is 3.61. The van der Waals surface area contributed by atoms with Crippen LogP contribution >= 0.6 is 24.0 Å². The first kappa shape index (κ1) is 20.9. The fourth-order valence-electron chi connectivity index (χ4n) is 2.56. The number of nitrogens with one attached hydrogen (secondary N) is 2. The summed E-state index contributed by atoms with van der Waals surface area (Å²) >= 11 is 0. The Morgan fingerprint density at radius 1 is 1.38 bits per heavy atom. The van der Waals surface area contributed by atoms with E-state index in [1.807, 2.05) is 0 Å². The molecule has 0 aromatic heterocycles. The van der Waals surface area contributed by atoms with Crippen molar-refractivity contribution >= 4 is 29.9 Å². The standard InChI is InChI=1S/C14H30N4O2.HI/c1-12(11-20-4)17-14(15-2)16-10-13-6-5-7-18(13)8-9-19-3;/h12-13H,5-11H2,1-4H3,(H2,15,16,17);1H. The molecule has 0 amide bonds. The van der Waals surface area contributed by atoms with Gasteiger partial charge in [-0.3, -0.25) is 9.89 Å². The summed E-state index contributed by atoms with van der Waals surface area (Å²) < 4.78 is 10.3. The normalized spacial score (nSPS) is 21.0. The first-order valence-corrected chi connectivity index (χ1v) is 7.40. The highest BCUT2D eigenvalue weighted by Gasteiger charge is 2.24. The molecule has 0 aromatic rings. The van der Waals surface area contributed by atoms with Gasteiger partial charge in [0, 0.05) is 46.4 Å². The number of ether oxygens (including phenoxy) is 2. The Morgan fingerprint density at radius 2 is 2.14 bits per heavy atom. The van der Waals surface area contributed by atoms with Crippen LogP contribution in [-0.2, 0) is 9.47 Å². The predicted octanol–water partition coefficient (Wildman–Crippen LogP) is 0.915. The van der Waals surface area contributed by atoms with Crippen LogP contribution < -0.4 is 10.6 Å². The minimum absolute atomic E-state index is 0. The lowest BCUT2D eigenvalue weighted by Crippen LogP contribution is -2.48. The summed E-state index contributed by atoms with van der Waals surface area (Å²) in [7, 11) is 5.26. The second kappa shape index (κ2) is 12.4. The Hall–Kier alpha value is -0.120. The molecule has 0 aromatic carbocycles. The zero-order valence-electron chi connectivity index (χ0n) is 13.7. The Kier molecular flexibility index (Phi) is 12.4. The molecule has 0 saturated carbocycles. The van der Waals surface area contributed by atoms with Gasteiger partial charge in [0.05, 0.1) is 13.2 Å². The number of guanidine groups is 1. The van der Waals surface area contributed by atoms with E-state index >= 15 is 0 Å². The molecule has 1 saturated heterocycles. The monoisotopic (exact) mass is 414 g/mol. The zero-order valence-corrected chi connectivity index (χ0v) is 16.1. The molecule has 1 heterocycles. The van der Waals surface area contributed by atoms with Gasteiger partial charge in [0.1, 0.15) is 0 Å². The van der Waals surface area contributed by atoms with Crippen LogP contribution in [0.2, 0.25) is 0 Å². The summed E-state index contributed by atoms with van der Waals surface area (Å²) in [5.74, 6) is 0.841. The molecule has 0 bridgehead atoms. The molecular formula is C14H31IN4O2. The van der Waals surface area contributed by atoms with Crippen LogP contribution in [0.15, 0.2) is 4.99 Å². The van der Waals surface area contributed by atoms with Crippen LogP contribution in [0.25, 0.3) is 0 Å². The molecule has 0 radical (unpaired) electrons. The van der Waals surface area contributed by atoms with Gasteiger partial charge in [0.25, 0.3) is 0 Å². The van der Waals surface area contributed by atoms with Gasteiger partial charge in [0.15, 0.2) is 5.96 Å². The number of halogens is 1. The van der Waals surface area contributed by atoms with Crippen LogP contribution in [0.1, 0.15) is 19.8 Å². The fraction of sp³-hybridized carbons (Fsp3) is 0.929. The quantitative estimate of drug-likeness (QED) is 0.352. The van der Waals surface area contributed by atoms with Crippen LogP contribution in [-0.4, -0.2) is 77.1 Å². The highest BCUT2D eigenvalue weighted by atomic mass is 127. The van der Waals surface area contributed by atoms with Gasteiger partial charge in [-0.15, -0.1) is 24.0 Å². The van der Waals surface area contributed by atoms with Gasteiger partial charge in [-0.2, -0.15) is 0 Å². The van der Waals surface area contributed by atoms with E-state index in [-0.39, 0.29) is 30.0 Å². The number of hydrogen-bond donors (Lipinski definition) is 2. The molecular weight excluding hydrogens is 383 g/mol. The van der Waals surface area contributed by atoms with Crippen molar-refractivity contribution in [3.8, 4) is 0 Å². The van der Waals surface area contributed by atoms with Gasteiger partial charge in [-0.05, 0) is 26.3 Å². The SMILES string of the molecule is CN=C(NCC1CCCN1CCOC)NC(C)COC.I. The molecule has 2 unspecified atom stereocenters. The van der Waals surface area contributed by atoms with Crippen molar-refractivity contribution in [1.29, 1.82) is 0 Å². The molecule has 126 valence electrons. The lowest BCUT2D eigenvalue weighted by Gasteiger charge is -2.25. The fourth-order valence-corrected chi connectivity index (χ4v) is 2.56. The Morgan fingerprint density at radius 3 is 2.76 bits per heavy atom. The minimum atomic E-state index is 0. The molecule has 1 aliphatic rings. The van der Waals surface area contributed by atoms with Crippen LogP contribution in [0.5, 0.6) is 0 Å². The first-order valence-electron chi connectivity index (χ1n) is 7.40. The summed E-state index contributed by atoms with van der Waals surface area (Å²) in [5.41, 5.74) is 0. The molecule has 1 aliphatic heterocycles. The first-order chi connectivity index (χ1) is 9.71. The maximum Gasteiger partial charge on any atom is 0.191 e. The maximum absolute atomic E-state index is 5.17. The second-order valence-electron chi connectivity index (χ2n) is 5.28. The number of hydrogen-bond acceptors (Lipinski definition) is 4. The van der Waals surface area contributed by atoms with Crippen LogP contribution in [0.4, 0.5) is 0 Å². The van der Waals surface area contributed by atoms with Crippen molar-refractivity contribution in [2.75, 3.05) is 54.1 Å². The van der Waals surface area contributed by atoms with Crippen molar-refractivity contribution in [1.82, 2.24) is 15.5 Å². The number of methoxy groups -OCH3 is 2. The topological polar surface area (TPSA) is 58.1 Å². The van der Waals surface area contributed by atoms with Crippen LogP contribution in [0.3, 0.4) is 0 Å². The maximum atomic E-state index is 5.17.